The van der Waals surface area contributed by atoms with Crippen molar-refractivity contribution < 1.29 is 34.7 Å². The van der Waals surface area contributed by atoms with Crippen LogP contribution in [-0.2, 0) is 11.2 Å². The molecular weight excluding hydrogens is 376 g/mol. The van der Waals surface area contributed by atoms with Crippen molar-refractivity contribution in [1.82, 2.24) is 0 Å². The fourth-order valence-electron chi connectivity index (χ4n) is 3.29. The maximum atomic E-state index is 11.8. The monoisotopic (exact) mass is 400 g/mol. The lowest BCUT2D eigenvalue weighted by Crippen LogP contribution is -2.21. The normalized spacial score (nSPS) is 16.2. The Hall–Kier alpha value is -3.19. The average Bonchev–Trinajstić information content (AvgIpc) is 2.67. The van der Waals surface area contributed by atoms with E-state index < -0.39 is 11.5 Å². The number of carbonyl (C=O) groups excluding carboxylic acids is 1. The molecule has 0 aliphatic carbocycles. The van der Waals surface area contributed by atoms with E-state index in [1.165, 1.54) is 7.11 Å². The number of carbonyl (C=O) groups is 1. The zero-order chi connectivity index (χ0) is 21.3. The van der Waals surface area contributed by atoms with Crippen LogP contribution in [0, 0.1) is 0 Å². The van der Waals surface area contributed by atoms with E-state index in [9.17, 15) is 25.2 Å². The fraction of sp³-hybridized carbons (Fsp3) is 0.318. The second-order valence-corrected chi connectivity index (χ2v) is 7.61. The van der Waals surface area contributed by atoms with E-state index in [0.29, 0.717) is 29.6 Å². The highest BCUT2D eigenvalue weighted by Gasteiger charge is 2.36. The zero-order valence-electron chi connectivity index (χ0n) is 16.5. The van der Waals surface area contributed by atoms with Gasteiger partial charge >= 0.3 is 0 Å². The number of aldehydes is 1. The Morgan fingerprint density at radius 1 is 1.14 bits per heavy atom. The largest absolute Gasteiger partial charge is 0.507 e. The first-order chi connectivity index (χ1) is 13.7. The van der Waals surface area contributed by atoms with Crippen LogP contribution in [0.1, 0.15) is 42.9 Å². The van der Waals surface area contributed by atoms with Crippen LogP contribution in [0.4, 0.5) is 0 Å². The van der Waals surface area contributed by atoms with Crippen LogP contribution >= 0.6 is 0 Å². The van der Waals surface area contributed by atoms with E-state index in [-0.39, 0.29) is 40.8 Å². The molecule has 154 valence electrons. The van der Waals surface area contributed by atoms with Crippen LogP contribution in [0.3, 0.4) is 0 Å². The molecule has 0 amide bonds. The number of methoxy groups -OCH3 is 1. The van der Waals surface area contributed by atoms with E-state index in [1.54, 1.807) is 38.1 Å². The Kier molecular flexibility index (Phi) is 5.44. The highest BCUT2D eigenvalue weighted by atomic mass is 16.5. The third kappa shape index (κ3) is 4.00. The van der Waals surface area contributed by atoms with Crippen molar-refractivity contribution in [2.75, 3.05) is 7.11 Å². The lowest BCUT2D eigenvalue weighted by Gasteiger charge is -2.28. The van der Waals surface area contributed by atoms with Crippen LogP contribution in [0.2, 0.25) is 0 Å². The van der Waals surface area contributed by atoms with Crippen LogP contribution in [-0.4, -0.2) is 39.4 Å². The number of aromatic hydroxyl groups is 2. The van der Waals surface area contributed by atoms with Crippen LogP contribution in [0.15, 0.2) is 36.1 Å². The summed E-state index contributed by atoms with van der Waals surface area (Å²) in [7, 11) is 1.53. The summed E-state index contributed by atoms with van der Waals surface area (Å²) in [4.78, 5) is 11.8. The molecule has 1 heterocycles. The summed E-state index contributed by atoms with van der Waals surface area (Å²) in [5.74, 6) is -1.31. The minimum Gasteiger partial charge on any atom is -0.507 e. The van der Waals surface area contributed by atoms with E-state index in [0.717, 1.165) is 6.07 Å². The minimum atomic E-state index is -1.16. The summed E-state index contributed by atoms with van der Waals surface area (Å²) in [6.45, 7) is 3.28. The molecule has 29 heavy (non-hydrogen) atoms. The number of benzene rings is 2. The van der Waals surface area contributed by atoms with Crippen LogP contribution in [0.25, 0.3) is 5.76 Å². The van der Waals surface area contributed by atoms with Gasteiger partial charge in [0.2, 0.25) is 0 Å². The van der Waals surface area contributed by atoms with Crippen molar-refractivity contribution in [3.63, 3.8) is 0 Å². The van der Waals surface area contributed by atoms with Crippen molar-refractivity contribution in [3.8, 4) is 23.0 Å². The number of hydrogen-bond acceptors (Lipinski definition) is 7. The molecule has 0 fully saturated rings. The van der Waals surface area contributed by atoms with Crippen molar-refractivity contribution in [3.05, 3.63) is 52.8 Å². The Bertz CT molecular complexity index is 953. The van der Waals surface area contributed by atoms with Gasteiger partial charge < -0.3 is 34.7 Å². The second kappa shape index (κ2) is 7.67. The zero-order valence-corrected chi connectivity index (χ0v) is 16.5. The summed E-state index contributed by atoms with van der Waals surface area (Å²) >= 11 is 0. The first-order valence-corrected chi connectivity index (χ1v) is 9.17. The Labute approximate surface area is 168 Å². The second-order valence-electron chi connectivity index (χ2n) is 7.61. The number of hydrogen-bond donors (Lipinski definition) is 4. The predicted molar refractivity (Wildman–Crippen MR) is 106 cm³/mol. The SMILES string of the molecule is COc1ccc(C2=C(O)C(C=O)c3c(O)cc(O)c(CCC(C)(C)O)c3O2)cc1. The number of phenolic OH excluding ortho intramolecular Hbond substituents is 2. The molecule has 2 aromatic rings. The van der Waals surface area contributed by atoms with Gasteiger partial charge in [0.05, 0.1) is 18.3 Å². The molecular formula is C22H24O7. The van der Waals surface area contributed by atoms with E-state index in [2.05, 4.69) is 0 Å². The summed E-state index contributed by atoms with van der Waals surface area (Å²) in [5, 5.41) is 41.5. The number of allylic oxidation sites excluding steroid dienone is 1. The van der Waals surface area contributed by atoms with Gasteiger partial charge in [0, 0.05) is 17.2 Å². The van der Waals surface area contributed by atoms with Crippen LogP contribution in [0.5, 0.6) is 23.0 Å². The number of ether oxygens (including phenoxy) is 2. The molecule has 3 rings (SSSR count). The fourth-order valence-corrected chi connectivity index (χ4v) is 3.29. The maximum absolute atomic E-state index is 11.8. The van der Waals surface area contributed by atoms with Gasteiger partial charge in [-0.25, -0.2) is 0 Å². The van der Waals surface area contributed by atoms with Gasteiger partial charge in [-0.3, -0.25) is 0 Å². The Balaban J connectivity index is 2.13. The topological polar surface area (TPSA) is 116 Å². The van der Waals surface area contributed by atoms with Gasteiger partial charge in [-0.1, -0.05) is 0 Å². The van der Waals surface area contributed by atoms with Gasteiger partial charge in [0.25, 0.3) is 0 Å². The number of aliphatic hydroxyl groups excluding tert-OH is 1. The standard InChI is InChI=1S/C22H24O7/c1-22(2,27)9-8-14-16(24)10-17(25)18-15(11-23)19(26)20(29-21(14)18)12-4-6-13(28-3)7-5-12/h4-7,10-11,15,24-27H,8-9H2,1-3H3. The molecule has 7 heteroatoms. The maximum Gasteiger partial charge on any atom is 0.173 e. The van der Waals surface area contributed by atoms with Gasteiger partial charge in [-0.2, -0.15) is 0 Å². The van der Waals surface area contributed by atoms with E-state index >= 15 is 0 Å². The van der Waals surface area contributed by atoms with Crippen LogP contribution < -0.4 is 9.47 Å². The summed E-state index contributed by atoms with van der Waals surface area (Å²) in [6, 6.07) is 7.80. The predicted octanol–water partition coefficient (Wildman–Crippen LogP) is 3.41. The van der Waals surface area contributed by atoms with E-state index in [4.69, 9.17) is 9.47 Å². The molecule has 0 bridgehead atoms. The molecule has 2 aromatic carbocycles. The molecule has 1 atom stereocenters. The molecule has 1 aliphatic heterocycles. The van der Waals surface area contributed by atoms with Gasteiger partial charge in [-0.05, 0) is 51.0 Å². The lowest BCUT2D eigenvalue weighted by molar-refractivity contribution is -0.109. The third-order valence-electron chi connectivity index (χ3n) is 4.89. The number of rotatable bonds is 6. The van der Waals surface area contributed by atoms with E-state index in [1.807, 2.05) is 0 Å². The summed E-state index contributed by atoms with van der Waals surface area (Å²) in [6.07, 6.45) is 1.05. The van der Waals surface area contributed by atoms with Crippen molar-refractivity contribution in [1.29, 1.82) is 0 Å². The minimum absolute atomic E-state index is 0.0479. The molecule has 0 spiro atoms. The van der Waals surface area contributed by atoms with Crippen molar-refractivity contribution >= 4 is 12.0 Å². The quantitative estimate of drug-likeness (QED) is 0.549. The Morgan fingerprint density at radius 2 is 1.79 bits per heavy atom. The molecule has 0 saturated heterocycles. The van der Waals surface area contributed by atoms with Gasteiger partial charge in [0.15, 0.2) is 11.5 Å². The molecule has 0 aromatic heterocycles. The smallest absolute Gasteiger partial charge is 0.173 e. The number of fused-ring (bicyclic) bond motifs is 1. The van der Waals surface area contributed by atoms with Gasteiger partial charge in [-0.15, -0.1) is 0 Å². The molecule has 7 nitrogen and oxygen atoms in total. The molecule has 0 saturated carbocycles. The van der Waals surface area contributed by atoms with Crippen molar-refractivity contribution in [2.45, 2.75) is 38.2 Å². The number of aliphatic hydroxyl groups is 2. The molecule has 0 radical (unpaired) electrons. The highest BCUT2D eigenvalue weighted by Crippen LogP contribution is 2.49. The van der Waals surface area contributed by atoms with Gasteiger partial charge in [0.1, 0.15) is 35.2 Å². The molecule has 1 unspecified atom stereocenters. The highest BCUT2D eigenvalue weighted by molar-refractivity contribution is 5.82. The number of phenols is 2. The first kappa shape index (κ1) is 20.5. The third-order valence-corrected chi connectivity index (χ3v) is 4.89. The van der Waals surface area contributed by atoms with Crippen molar-refractivity contribution in [2.24, 2.45) is 0 Å². The Morgan fingerprint density at radius 3 is 2.34 bits per heavy atom. The molecule has 4 N–H and O–H groups in total. The lowest BCUT2D eigenvalue weighted by atomic mass is 9.88. The first-order valence-electron chi connectivity index (χ1n) is 9.17. The average molecular weight is 400 g/mol. The summed E-state index contributed by atoms with van der Waals surface area (Å²) in [5.41, 5.74) is -0.0760. The summed E-state index contributed by atoms with van der Waals surface area (Å²) < 4.78 is 11.1. The molecule has 1 aliphatic rings.